The summed E-state index contributed by atoms with van der Waals surface area (Å²) in [7, 11) is 0. The fraction of sp³-hybridized carbons (Fsp3) is 0.571. The molecule has 1 fully saturated rings. The number of rotatable bonds is 4. The molecular formula is C14H17F4NO2. The van der Waals surface area contributed by atoms with Crippen LogP contribution in [0.25, 0.3) is 0 Å². The van der Waals surface area contributed by atoms with Crippen LogP contribution in [0, 0.1) is 5.82 Å². The van der Waals surface area contributed by atoms with Gasteiger partial charge in [-0.05, 0) is 18.2 Å². The van der Waals surface area contributed by atoms with E-state index in [0.717, 1.165) is 12.1 Å². The maximum Gasteiger partial charge on any atom is 0.416 e. The minimum Gasteiger partial charge on any atom is -0.388 e. The summed E-state index contributed by atoms with van der Waals surface area (Å²) in [5, 5.41) is 13.0. The number of ether oxygens (including phenoxy) is 1. The minimum absolute atomic E-state index is 0.0690. The second-order valence-electron chi connectivity index (χ2n) is 5.24. The Morgan fingerprint density at radius 2 is 1.90 bits per heavy atom. The van der Waals surface area contributed by atoms with Crippen LogP contribution in [0.3, 0.4) is 0 Å². The number of nitrogens with one attached hydrogen (secondary N) is 1. The molecule has 0 bridgehead atoms. The molecule has 1 saturated heterocycles. The summed E-state index contributed by atoms with van der Waals surface area (Å²) in [6.45, 7) is 0.997. The van der Waals surface area contributed by atoms with E-state index in [1.54, 1.807) is 0 Å². The molecule has 7 heteroatoms. The Kier molecular flexibility index (Phi) is 4.85. The molecule has 1 aromatic carbocycles. The van der Waals surface area contributed by atoms with E-state index in [1.165, 1.54) is 0 Å². The van der Waals surface area contributed by atoms with Crippen molar-refractivity contribution >= 4 is 0 Å². The lowest BCUT2D eigenvalue weighted by Crippen LogP contribution is -2.44. The van der Waals surface area contributed by atoms with Crippen LogP contribution in [0.2, 0.25) is 0 Å². The molecule has 2 rings (SSSR count). The van der Waals surface area contributed by atoms with Gasteiger partial charge in [0.05, 0.1) is 11.2 Å². The summed E-state index contributed by atoms with van der Waals surface area (Å²) in [4.78, 5) is 0. The molecular weight excluding hydrogens is 290 g/mol. The van der Waals surface area contributed by atoms with Crippen molar-refractivity contribution in [3.63, 3.8) is 0 Å². The molecule has 0 amide bonds. The third-order valence-corrected chi connectivity index (χ3v) is 3.57. The van der Waals surface area contributed by atoms with Gasteiger partial charge in [-0.2, -0.15) is 13.2 Å². The summed E-state index contributed by atoms with van der Waals surface area (Å²) in [6.07, 6.45) is -3.60. The summed E-state index contributed by atoms with van der Waals surface area (Å²) in [6, 6.07) is 2.31. The van der Waals surface area contributed by atoms with Crippen LogP contribution < -0.4 is 5.32 Å². The first-order valence-electron chi connectivity index (χ1n) is 6.67. The number of benzene rings is 1. The molecule has 0 radical (unpaired) electrons. The first-order chi connectivity index (χ1) is 9.80. The predicted octanol–water partition coefficient (Wildman–Crippen LogP) is 2.48. The van der Waals surface area contributed by atoms with Gasteiger partial charge >= 0.3 is 6.18 Å². The molecule has 1 aliphatic rings. The summed E-state index contributed by atoms with van der Waals surface area (Å²) < 4.78 is 56.4. The molecule has 0 aliphatic carbocycles. The van der Waals surface area contributed by atoms with E-state index in [9.17, 15) is 22.7 Å². The Morgan fingerprint density at radius 3 is 2.52 bits per heavy atom. The van der Waals surface area contributed by atoms with Gasteiger partial charge in [-0.25, -0.2) is 4.39 Å². The van der Waals surface area contributed by atoms with Crippen molar-refractivity contribution in [2.75, 3.05) is 19.8 Å². The average Bonchev–Trinajstić information content (AvgIpc) is 2.40. The summed E-state index contributed by atoms with van der Waals surface area (Å²) in [5.41, 5.74) is -1.90. The van der Waals surface area contributed by atoms with Gasteiger partial charge in [0, 0.05) is 44.7 Å². The molecule has 0 spiro atoms. The van der Waals surface area contributed by atoms with Gasteiger partial charge in [0.1, 0.15) is 5.82 Å². The molecule has 3 nitrogen and oxygen atoms in total. The van der Waals surface area contributed by atoms with Crippen LogP contribution in [0.1, 0.15) is 24.0 Å². The topological polar surface area (TPSA) is 41.5 Å². The number of alkyl halides is 3. The Labute approximate surface area is 119 Å². The Hall–Kier alpha value is -1.18. The lowest BCUT2D eigenvalue weighted by molar-refractivity contribution is -0.137. The lowest BCUT2D eigenvalue weighted by atomic mass is 9.94. The second kappa shape index (κ2) is 6.29. The highest BCUT2D eigenvalue weighted by Gasteiger charge is 2.31. The molecule has 0 saturated carbocycles. The predicted molar refractivity (Wildman–Crippen MR) is 68.1 cm³/mol. The maximum absolute atomic E-state index is 13.5. The molecule has 1 heterocycles. The van der Waals surface area contributed by atoms with E-state index in [-0.39, 0.29) is 18.7 Å². The van der Waals surface area contributed by atoms with Crippen LogP contribution in [0.5, 0.6) is 0 Å². The van der Waals surface area contributed by atoms with E-state index >= 15 is 0 Å². The molecule has 0 atom stereocenters. The van der Waals surface area contributed by atoms with E-state index in [0.29, 0.717) is 32.1 Å². The lowest BCUT2D eigenvalue weighted by Gasteiger charge is -2.32. The van der Waals surface area contributed by atoms with Gasteiger partial charge in [0.15, 0.2) is 0 Å². The van der Waals surface area contributed by atoms with Crippen molar-refractivity contribution in [3.05, 3.63) is 35.1 Å². The first-order valence-corrected chi connectivity index (χ1v) is 6.67. The fourth-order valence-electron chi connectivity index (χ4n) is 2.24. The van der Waals surface area contributed by atoms with Crippen LogP contribution in [-0.2, 0) is 17.5 Å². The summed E-state index contributed by atoms with van der Waals surface area (Å²) >= 11 is 0. The summed E-state index contributed by atoms with van der Waals surface area (Å²) in [5.74, 6) is -0.700. The normalized spacial score (nSPS) is 18.7. The molecule has 0 unspecified atom stereocenters. The van der Waals surface area contributed by atoms with E-state index in [4.69, 9.17) is 4.74 Å². The Balaban J connectivity index is 1.96. The van der Waals surface area contributed by atoms with Crippen molar-refractivity contribution in [1.82, 2.24) is 5.32 Å². The van der Waals surface area contributed by atoms with E-state index < -0.39 is 23.2 Å². The van der Waals surface area contributed by atoms with E-state index in [1.807, 2.05) is 0 Å². The number of aliphatic hydroxyl groups is 1. The van der Waals surface area contributed by atoms with Gasteiger partial charge in [-0.1, -0.05) is 0 Å². The fourth-order valence-corrected chi connectivity index (χ4v) is 2.24. The zero-order valence-electron chi connectivity index (χ0n) is 11.3. The van der Waals surface area contributed by atoms with Crippen LogP contribution in [-0.4, -0.2) is 30.5 Å². The Morgan fingerprint density at radius 1 is 1.24 bits per heavy atom. The second-order valence-corrected chi connectivity index (χ2v) is 5.24. The van der Waals surface area contributed by atoms with Gasteiger partial charge in [0.2, 0.25) is 0 Å². The highest BCUT2D eigenvalue weighted by molar-refractivity contribution is 5.27. The zero-order valence-corrected chi connectivity index (χ0v) is 11.3. The number of hydrogen-bond donors (Lipinski definition) is 2. The molecule has 21 heavy (non-hydrogen) atoms. The van der Waals surface area contributed by atoms with Crippen LogP contribution in [0.4, 0.5) is 17.6 Å². The first kappa shape index (κ1) is 16.2. The SMILES string of the molecule is OC1(CNCc2cc(C(F)(F)F)ccc2F)CCOCC1. The van der Waals surface area contributed by atoms with Crippen molar-refractivity contribution < 1.29 is 27.4 Å². The van der Waals surface area contributed by atoms with Crippen molar-refractivity contribution in [2.24, 2.45) is 0 Å². The number of hydrogen-bond acceptors (Lipinski definition) is 3. The molecule has 1 aliphatic heterocycles. The molecule has 1 aromatic rings. The molecule has 0 aromatic heterocycles. The monoisotopic (exact) mass is 307 g/mol. The quantitative estimate of drug-likeness (QED) is 0.840. The van der Waals surface area contributed by atoms with Crippen LogP contribution >= 0.6 is 0 Å². The third kappa shape index (κ3) is 4.39. The van der Waals surface area contributed by atoms with Gasteiger partial charge in [0.25, 0.3) is 0 Å². The average molecular weight is 307 g/mol. The number of halogens is 4. The van der Waals surface area contributed by atoms with Crippen LogP contribution in [0.15, 0.2) is 18.2 Å². The smallest absolute Gasteiger partial charge is 0.388 e. The third-order valence-electron chi connectivity index (χ3n) is 3.57. The highest BCUT2D eigenvalue weighted by Crippen LogP contribution is 2.30. The standard InChI is InChI=1S/C14H17F4NO2/c15-12-2-1-11(14(16,17)18)7-10(12)8-19-9-13(20)3-5-21-6-4-13/h1-2,7,19-20H,3-6,8-9H2. The van der Waals surface area contributed by atoms with Gasteiger partial charge in [-0.15, -0.1) is 0 Å². The Bertz CT molecular complexity index is 484. The largest absolute Gasteiger partial charge is 0.416 e. The molecule has 2 N–H and O–H groups in total. The minimum atomic E-state index is -4.50. The van der Waals surface area contributed by atoms with Gasteiger partial charge < -0.3 is 15.2 Å². The zero-order chi connectivity index (χ0) is 15.5. The van der Waals surface area contributed by atoms with E-state index in [2.05, 4.69) is 5.32 Å². The van der Waals surface area contributed by atoms with Crippen molar-refractivity contribution in [3.8, 4) is 0 Å². The highest BCUT2D eigenvalue weighted by atomic mass is 19.4. The van der Waals surface area contributed by atoms with Crippen molar-refractivity contribution in [1.29, 1.82) is 0 Å². The molecule has 118 valence electrons. The maximum atomic E-state index is 13.5. The van der Waals surface area contributed by atoms with Gasteiger partial charge in [-0.3, -0.25) is 0 Å². The van der Waals surface area contributed by atoms with Crippen molar-refractivity contribution in [2.45, 2.75) is 31.2 Å².